The molecule has 0 saturated heterocycles. The first-order chi connectivity index (χ1) is 13.8. The lowest BCUT2D eigenvalue weighted by molar-refractivity contribution is -0.116. The van der Waals surface area contributed by atoms with Crippen molar-refractivity contribution in [2.45, 2.75) is 20.3 Å². The van der Waals surface area contributed by atoms with E-state index in [2.05, 4.69) is 10.4 Å². The van der Waals surface area contributed by atoms with Crippen LogP contribution in [0.2, 0.25) is 5.02 Å². The number of anilines is 1. The Morgan fingerprint density at radius 2 is 1.79 bits per heavy atom. The van der Waals surface area contributed by atoms with Crippen molar-refractivity contribution in [1.82, 2.24) is 9.66 Å². The molecule has 2 aromatic carbocycles. The molecule has 0 unspecified atom stereocenters. The van der Waals surface area contributed by atoms with Crippen LogP contribution >= 0.6 is 11.6 Å². The Morgan fingerprint density at radius 3 is 2.41 bits per heavy atom. The Labute approximate surface area is 170 Å². The van der Waals surface area contributed by atoms with Crippen molar-refractivity contribution in [3.8, 4) is 0 Å². The van der Waals surface area contributed by atoms with E-state index in [0.717, 1.165) is 22.9 Å². The van der Waals surface area contributed by atoms with Crippen LogP contribution in [0.15, 0.2) is 41.2 Å². The van der Waals surface area contributed by atoms with Crippen LogP contribution in [0.5, 0.6) is 0 Å². The van der Waals surface area contributed by atoms with Crippen molar-refractivity contribution in [3.63, 3.8) is 0 Å². The van der Waals surface area contributed by atoms with E-state index in [1.807, 2.05) is 13.8 Å². The summed E-state index contributed by atoms with van der Waals surface area (Å²) < 4.78 is 27.8. The van der Waals surface area contributed by atoms with Gasteiger partial charge in [-0.2, -0.15) is 4.68 Å². The molecular formula is C20H19ClF2N4O2. The molecule has 3 rings (SSSR count). The largest absolute Gasteiger partial charge is 0.341 e. The van der Waals surface area contributed by atoms with Gasteiger partial charge in [0, 0.05) is 24.2 Å². The van der Waals surface area contributed by atoms with Crippen LogP contribution in [0.3, 0.4) is 0 Å². The minimum Gasteiger partial charge on any atom is -0.341 e. The average Bonchev–Trinajstić information content (AvgIpc) is 2.64. The Morgan fingerprint density at radius 1 is 1.14 bits per heavy atom. The summed E-state index contributed by atoms with van der Waals surface area (Å²) in [6.07, 6.45) is -0.308. The van der Waals surface area contributed by atoms with Crippen molar-refractivity contribution in [1.29, 1.82) is 0 Å². The van der Waals surface area contributed by atoms with Crippen LogP contribution in [0, 0.1) is 11.6 Å². The SMILES string of the molecule is CCN(CC)c1nc2cc(Cl)ccc2c(=O)n1NC(=O)Cc1cc(F)cc(F)c1. The minimum atomic E-state index is -0.780. The number of rotatable bonds is 6. The average molecular weight is 421 g/mol. The second-order valence-corrected chi connectivity index (χ2v) is 6.81. The van der Waals surface area contributed by atoms with Crippen molar-refractivity contribution in [2.75, 3.05) is 23.4 Å². The number of nitrogens with zero attached hydrogens (tertiary/aromatic N) is 3. The number of aromatic nitrogens is 2. The lowest BCUT2D eigenvalue weighted by Gasteiger charge is -2.24. The normalized spacial score (nSPS) is 10.9. The molecule has 0 spiro atoms. The van der Waals surface area contributed by atoms with Gasteiger partial charge in [-0.25, -0.2) is 13.8 Å². The summed E-state index contributed by atoms with van der Waals surface area (Å²) >= 11 is 6.02. The zero-order valence-electron chi connectivity index (χ0n) is 15.9. The van der Waals surface area contributed by atoms with Gasteiger partial charge in [-0.3, -0.25) is 15.0 Å². The molecule has 0 aliphatic heterocycles. The molecule has 0 atom stereocenters. The van der Waals surface area contributed by atoms with Gasteiger partial charge in [0.15, 0.2) is 0 Å². The summed E-state index contributed by atoms with van der Waals surface area (Å²) in [4.78, 5) is 31.8. The molecule has 1 aromatic heterocycles. The van der Waals surface area contributed by atoms with E-state index in [9.17, 15) is 18.4 Å². The Hall–Kier alpha value is -3.00. The molecule has 152 valence electrons. The molecule has 1 N–H and O–H groups in total. The first-order valence-electron chi connectivity index (χ1n) is 9.04. The van der Waals surface area contributed by atoms with Gasteiger partial charge in [-0.15, -0.1) is 0 Å². The Kier molecular flexibility index (Phi) is 6.12. The van der Waals surface area contributed by atoms with E-state index in [0.29, 0.717) is 23.6 Å². The van der Waals surface area contributed by atoms with Crippen molar-refractivity contribution in [2.24, 2.45) is 0 Å². The second-order valence-electron chi connectivity index (χ2n) is 6.38. The van der Waals surface area contributed by atoms with Crippen LogP contribution in [-0.2, 0) is 11.2 Å². The van der Waals surface area contributed by atoms with Gasteiger partial charge < -0.3 is 4.90 Å². The van der Waals surface area contributed by atoms with E-state index in [1.165, 1.54) is 6.07 Å². The highest BCUT2D eigenvalue weighted by molar-refractivity contribution is 6.31. The monoisotopic (exact) mass is 420 g/mol. The summed E-state index contributed by atoms with van der Waals surface area (Å²) in [5.41, 5.74) is 2.58. The highest BCUT2D eigenvalue weighted by Crippen LogP contribution is 2.18. The molecule has 29 heavy (non-hydrogen) atoms. The number of hydrogen-bond donors (Lipinski definition) is 1. The van der Waals surface area contributed by atoms with E-state index in [-0.39, 0.29) is 23.3 Å². The van der Waals surface area contributed by atoms with Gasteiger partial charge in [-0.05, 0) is 49.7 Å². The standard InChI is InChI=1S/C20H19ClF2N4O2/c1-3-26(4-2)20-24-17-10-13(21)5-6-16(17)19(29)27(20)25-18(28)9-12-7-14(22)11-15(23)8-12/h5-8,10-11H,3-4,9H2,1-2H3,(H,25,28). The maximum Gasteiger partial charge on any atom is 0.281 e. The number of fused-ring (bicyclic) bond motifs is 1. The smallest absolute Gasteiger partial charge is 0.281 e. The third-order valence-electron chi connectivity index (χ3n) is 4.38. The summed E-state index contributed by atoms with van der Waals surface area (Å²) in [6.45, 7) is 4.86. The van der Waals surface area contributed by atoms with Crippen LogP contribution in [0.25, 0.3) is 10.9 Å². The number of halogens is 3. The fourth-order valence-corrected chi connectivity index (χ4v) is 3.20. The molecule has 0 fully saturated rings. The number of amides is 1. The predicted octanol–water partition coefficient (Wildman–Crippen LogP) is 3.49. The van der Waals surface area contributed by atoms with Gasteiger partial charge in [0.2, 0.25) is 11.9 Å². The molecule has 0 saturated carbocycles. The van der Waals surface area contributed by atoms with Crippen molar-refractivity contribution >= 4 is 34.4 Å². The predicted molar refractivity (Wildman–Crippen MR) is 109 cm³/mol. The van der Waals surface area contributed by atoms with E-state index in [4.69, 9.17) is 11.6 Å². The summed E-state index contributed by atoms with van der Waals surface area (Å²) in [5, 5.41) is 0.715. The van der Waals surface area contributed by atoms with Crippen LogP contribution < -0.4 is 15.9 Å². The lowest BCUT2D eigenvalue weighted by Crippen LogP contribution is -2.40. The van der Waals surface area contributed by atoms with Crippen molar-refractivity contribution < 1.29 is 13.6 Å². The first kappa shape index (κ1) is 20.7. The molecule has 0 bridgehead atoms. The molecule has 0 aliphatic carbocycles. The highest BCUT2D eigenvalue weighted by Gasteiger charge is 2.18. The minimum absolute atomic E-state index is 0.151. The van der Waals surface area contributed by atoms with Gasteiger partial charge in [0.25, 0.3) is 5.56 Å². The zero-order chi connectivity index (χ0) is 21.1. The van der Waals surface area contributed by atoms with Gasteiger partial charge in [0.05, 0.1) is 17.3 Å². The topological polar surface area (TPSA) is 67.2 Å². The van der Waals surface area contributed by atoms with E-state index < -0.39 is 23.1 Å². The lowest BCUT2D eigenvalue weighted by atomic mass is 10.1. The number of nitrogens with one attached hydrogen (secondary N) is 1. The molecule has 6 nitrogen and oxygen atoms in total. The van der Waals surface area contributed by atoms with Crippen LogP contribution in [0.4, 0.5) is 14.7 Å². The number of carbonyl (C=O) groups excluding carboxylic acids is 1. The Balaban J connectivity index is 2.03. The highest BCUT2D eigenvalue weighted by atomic mass is 35.5. The molecular weight excluding hydrogens is 402 g/mol. The number of hydrogen-bond acceptors (Lipinski definition) is 4. The van der Waals surface area contributed by atoms with E-state index in [1.54, 1.807) is 17.0 Å². The Bertz CT molecular complexity index is 1110. The number of benzene rings is 2. The van der Waals surface area contributed by atoms with Gasteiger partial charge in [0.1, 0.15) is 11.6 Å². The van der Waals surface area contributed by atoms with Crippen LogP contribution in [-0.4, -0.2) is 28.7 Å². The maximum absolute atomic E-state index is 13.4. The fraction of sp³-hybridized carbons (Fsp3) is 0.250. The van der Waals surface area contributed by atoms with Gasteiger partial charge >= 0.3 is 0 Å². The summed E-state index contributed by atoms with van der Waals surface area (Å²) in [6, 6.07) is 7.53. The molecule has 0 radical (unpaired) electrons. The molecule has 1 amide bonds. The third kappa shape index (κ3) is 4.54. The molecule has 3 aromatic rings. The fourth-order valence-electron chi connectivity index (χ4n) is 3.03. The zero-order valence-corrected chi connectivity index (χ0v) is 16.6. The maximum atomic E-state index is 13.4. The molecule has 1 heterocycles. The third-order valence-corrected chi connectivity index (χ3v) is 4.62. The van der Waals surface area contributed by atoms with Gasteiger partial charge in [-0.1, -0.05) is 11.6 Å². The quantitative estimate of drug-likeness (QED) is 0.663. The van der Waals surface area contributed by atoms with Crippen LogP contribution in [0.1, 0.15) is 19.4 Å². The molecule has 9 heteroatoms. The summed E-state index contributed by atoms with van der Waals surface area (Å²) in [5.74, 6) is -1.93. The summed E-state index contributed by atoms with van der Waals surface area (Å²) in [7, 11) is 0. The first-order valence-corrected chi connectivity index (χ1v) is 9.42. The van der Waals surface area contributed by atoms with E-state index >= 15 is 0 Å². The molecule has 0 aliphatic rings. The number of carbonyl (C=O) groups is 1. The second kappa shape index (κ2) is 8.57. The van der Waals surface area contributed by atoms with Crippen molar-refractivity contribution in [3.05, 3.63) is 69.0 Å².